The quantitative estimate of drug-likeness (QED) is 0.828. The standard InChI is InChI=1S/C17H25N3O2/c1-14(19-10-8-18(2)9-11-19)17(21)20-12-16(13-20)22-15-6-4-3-5-7-15/h3-7,14,16H,8-13H2,1-2H3/t14-/m1/s1. The molecule has 0 bridgehead atoms. The summed E-state index contributed by atoms with van der Waals surface area (Å²) in [4.78, 5) is 19.0. The van der Waals surface area contributed by atoms with Crippen molar-refractivity contribution in [3.63, 3.8) is 0 Å². The Kier molecular flexibility index (Phi) is 4.64. The van der Waals surface area contributed by atoms with Crippen LogP contribution in [0.4, 0.5) is 0 Å². The summed E-state index contributed by atoms with van der Waals surface area (Å²) < 4.78 is 5.86. The van der Waals surface area contributed by atoms with E-state index >= 15 is 0 Å². The molecule has 0 aliphatic carbocycles. The lowest BCUT2D eigenvalue weighted by Crippen LogP contribution is -2.61. The number of rotatable bonds is 4. The fourth-order valence-corrected chi connectivity index (χ4v) is 3.01. The first-order valence-electron chi connectivity index (χ1n) is 8.06. The highest BCUT2D eigenvalue weighted by atomic mass is 16.5. The molecule has 2 fully saturated rings. The lowest BCUT2D eigenvalue weighted by atomic mass is 10.1. The molecule has 2 saturated heterocycles. The van der Waals surface area contributed by atoms with Crippen LogP contribution in [0.2, 0.25) is 0 Å². The van der Waals surface area contributed by atoms with Crippen molar-refractivity contribution in [1.82, 2.24) is 14.7 Å². The average molecular weight is 303 g/mol. The van der Waals surface area contributed by atoms with E-state index < -0.39 is 0 Å². The number of ether oxygens (including phenoxy) is 1. The lowest BCUT2D eigenvalue weighted by molar-refractivity contribution is -0.146. The molecule has 0 spiro atoms. The van der Waals surface area contributed by atoms with Gasteiger partial charge >= 0.3 is 0 Å². The number of nitrogens with zero attached hydrogens (tertiary/aromatic N) is 3. The number of amides is 1. The molecular weight excluding hydrogens is 278 g/mol. The molecule has 2 aliphatic heterocycles. The Labute approximate surface area is 132 Å². The largest absolute Gasteiger partial charge is 0.487 e. The summed E-state index contributed by atoms with van der Waals surface area (Å²) in [5.74, 6) is 1.11. The minimum atomic E-state index is -0.0219. The van der Waals surface area contributed by atoms with Crippen LogP contribution in [-0.4, -0.2) is 79.1 Å². The van der Waals surface area contributed by atoms with Gasteiger partial charge in [0.15, 0.2) is 0 Å². The fraction of sp³-hybridized carbons (Fsp3) is 0.588. The second kappa shape index (κ2) is 6.67. The van der Waals surface area contributed by atoms with Crippen molar-refractivity contribution in [2.45, 2.75) is 19.1 Å². The van der Waals surface area contributed by atoms with E-state index in [1.165, 1.54) is 0 Å². The molecule has 2 aliphatic rings. The third kappa shape index (κ3) is 3.42. The van der Waals surface area contributed by atoms with Crippen LogP contribution in [0.5, 0.6) is 5.75 Å². The molecule has 22 heavy (non-hydrogen) atoms. The normalized spacial score (nSPS) is 22.2. The number of likely N-dealkylation sites (tertiary alicyclic amines) is 1. The molecular formula is C17H25N3O2. The topological polar surface area (TPSA) is 36.0 Å². The van der Waals surface area contributed by atoms with E-state index in [-0.39, 0.29) is 18.1 Å². The molecule has 1 amide bonds. The maximum absolute atomic E-state index is 12.5. The molecule has 0 radical (unpaired) electrons. The monoisotopic (exact) mass is 303 g/mol. The Bertz CT molecular complexity index is 494. The molecule has 2 heterocycles. The summed E-state index contributed by atoms with van der Waals surface area (Å²) in [5, 5.41) is 0. The first-order valence-corrected chi connectivity index (χ1v) is 8.06. The van der Waals surface area contributed by atoms with Gasteiger partial charge in [0, 0.05) is 26.2 Å². The predicted octanol–water partition coefficient (Wildman–Crippen LogP) is 0.912. The number of hydrogen-bond acceptors (Lipinski definition) is 4. The van der Waals surface area contributed by atoms with Gasteiger partial charge in [0.1, 0.15) is 11.9 Å². The van der Waals surface area contributed by atoms with Crippen molar-refractivity contribution in [1.29, 1.82) is 0 Å². The van der Waals surface area contributed by atoms with Crippen LogP contribution in [0.25, 0.3) is 0 Å². The molecule has 0 N–H and O–H groups in total. The van der Waals surface area contributed by atoms with Crippen molar-refractivity contribution >= 4 is 5.91 Å². The predicted molar refractivity (Wildman–Crippen MR) is 86.0 cm³/mol. The number of piperazine rings is 1. The molecule has 120 valence electrons. The summed E-state index contributed by atoms with van der Waals surface area (Å²) in [6, 6.07) is 9.79. The fourth-order valence-electron chi connectivity index (χ4n) is 3.01. The first-order chi connectivity index (χ1) is 10.6. The smallest absolute Gasteiger partial charge is 0.239 e. The highest BCUT2D eigenvalue weighted by molar-refractivity contribution is 5.82. The summed E-state index contributed by atoms with van der Waals surface area (Å²) >= 11 is 0. The SMILES string of the molecule is C[C@H](C(=O)N1CC(Oc2ccccc2)C1)N1CCN(C)CC1. The van der Waals surface area contributed by atoms with Crippen LogP contribution < -0.4 is 4.74 Å². The maximum Gasteiger partial charge on any atom is 0.239 e. The number of hydrogen-bond donors (Lipinski definition) is 0. The van der Waals surface area contributed by atoms with E-state index in [2.05, 4.69) is 16.8 Å². The van der Waals surface area contributed by atoms with E-state index in [1.807, 2.05) is 42.2 Å². The van der Waals surface area contributed by atoms with Crippen molar-refractivity contribution in [2.24, 2.45) is 0 Å². The number of likely N-dealkylation sites (N-methyl/N-ethyl adjacent to an activating group) is 1. The summed E-state index contributed by atoms with van der Waals surface area (Å²) in [6.07, 6.45) is 0.131. The first kappa shape index (κ1) is 15.3. The van der Waals surface area contributed by atoms with E-state index in [4.69, 9.17) is 4.74 Å². The second-order valence-electron chi connectivity index (χ2n) is 6.31. The van der Waals surface area contributed by atoms with Crippen LogP contribution in [-0.2, 0) is 4.79 Å². The second-order valence-corrected chi connectivity index (χ2v) is 6.31. The van der Waals surface area contributed by atoms with Crippen LogP contribution in [0.3, 0.4) is 0 Å². The summed E-state index contributed by atoms with van der Waals surface area (Å²) in [7, 11) is 2.13. The average Bonchev–Trinajstić information content (AvgIpc) is 2.51. The molecule has 0 unspecified atom stereocenters. The van der Waals surface area contributed by atoms with Gasteiger partial charge in [-0.1, -0.05) is 18.2 Å². The number of carbonyl (C=O) groups excluding carboxylic acids is 1. The Balaban J connectivity index is 1.45. The molecule has 5 nitrogen and oxygen atoms in total. The van der Waals surface area contributed by atoms with E-state index in [0.29, 0.717) is 13.1 Å². The Hall–Kier alpha value is -1.59. The highest BCUT2D eigenvalue weighted by Crippen LogP contribution is 2.19. The minimum Gasteiger partial charge on any atom is -0.487 e. The van der Waals surface area contributed by atoms with E-state index in [9.17, 15) is 4.79 Å². The van der Waals surface area contributed by atoms with Gasteiger partial charge in [0.05, 0.1) is 19.1 Å². The number of benzene rings is 1. The van der Waals surface area contributed by atoms with Crippen LogP contribution in [0.1, 0.15) is 6.92 Å². The van der Waals surface area contributed by atoms with Gasteiger partial charge < -0.3 is 14.5 Å². The summed E-state index contributed by atoms with van der Waals surface area (Å²) in [6.45, 7) is 7.45. The zero-order chi connectivity index (χ0) is 15.5. The van der Waals surface area contributed by atoms with Crippen LogP contribution in [0, 0.1) is 0 Å². The van der Waals surface area contributed by atoms with Crippen LogP contribution >= 0.6 is 0 Å². The highest BCUT2D eigenvalue weighted by Gasteiger charge is 2.36. The van der Waals surface area contributed by atoms with E-state index in [1.54, 1.807) is 0 Å². The van der Waals surface area contributed by atoms with Gasteiger partial charge in [0.25, 0.3) is 0 Å². The molecule has 1 atom stereocenters. The van der Waals surface area contributed by atoms with Crippen molar-refractivity contribution < 1.29 is 9.53 Å². The Morgan fingerprint density at radius 2 is 1.77 bits per heavy atom. The van der Waals surface area contributed by atoms with Gasteiger partial charge in [-0.3, -0.25) is 9.69 Å². The lowest BCUT2D eigenvalue weighted by Gasteiger charge is -2.43. The Morgan fingerprint density at radius 1 is 1.14 bits per heavy atom. The molecule has 1 aromatic rings. The van der Waals surface area contributed by atoms with Crippen molar-refractivity contribution in [2.75, 3.05) is 46.3 Å². The van der Waals surface area contributed by atoms with Crippen molar-refractivity contribution in [3.8, 4) is 5.75 Å². The molecule has 0 aromatic heterocycles. The maximum atomic E-state index is 12.5. The van der Waals surface area contributed by atoms with Crippen LogP contribution in [0.15, 0.2) is 30.3 Å². The third-order valence-electron chi connectivity index (χ3n) is 4.65. The van der Waals surface area contributed by atoms with Crippen molar-refractivity contribution in [3.05, 3.63) is 30.3 Å². The number of para-hydroxylation sites is 1. The van der Waals surface area contributed by atoms with Gasteiger partial charge in [-0.15, -0.1) is 0 Å². The number of carbonyl (C=O) groups is 1. The van der Waals surface area contributed by atoms with Gasteiger partial charge in [-0.2, -0.15) is 0 Å². The Morgan fingerprint density at radius 3 is 2.41 bits per heavy atom. The summed E-state index contributed by atoms with van der Waals surface area (Å²) in [5.41, 5.74) is 0. The zero-order valence-corrected chi connectivity index (χ0v) is 13.4. The van der Waals surface area contributed by atoms with Gasteiger partial charge in [0.2, 0.25) is 5.91 Å². The molecule has 0 saturated carbocycles. The third-order valence-corrected chi connectivity index (χ3v) is 4.65. The molecule has 3 rings (SSSR count). The van der Waals surface area contributed by atoms with Gasteiger partial charge in [-0.25, -0.2) is 0 Å². The minimum absolute atomic E-state index is 0.0219. The zero-order valence-electron chi connectivity index (χ0n) is 13.4. The molecule has 1 aromatic carbocycles. The molecule has 5 heteroatoms. The van der Waals surface area contributed by atoms with Gasteiger partial charge in [-0.05, 0) is 26.1 Å². The van der Waals surface area contributed by atoms with E-state index in [0.717, 1.165) is 31.9 Å².